The molecule has 1 atom stereocenters. The molecular weight excluding hydrogens is 162 g/mol. The van der Waals surface area contributed by atoms with E-state index in [0.29, 0.717) is 9.45 Å². The summed E-state index contributed by atoms with van der Waals surface area (Å²) in [6, 6.07) is 0. The number of aliphatic imine (C=N–C) groups is 1. The van der Waals surface area contributed by atoms with Gasteiger partial charge in [-0.05, 0) is 16.2 Å². The molecule has 0 bridgehead atoms. The fourth-order valence-corrected chi connectivity index (χ4v) is 4.41. The third-order valence-electron chi connectivity index (χ3n) is 1.20. The van der Waals surface area contributed by atoms with Crippen LogP contribution in [0.25, 0.3) is 0 Å². The number of nitrogens with zero attached hydrogens (tertiary/aromatic N) is 1. The normalized spacial score (nSPS) is 29.0. The van der Waals surface area contributed by atoms with E-state index >= 15 is 0 Å². The van der Waals surface area contributed by atoms with Crippen LogP contribution in [0.15, 0.2) is 39.6 Å². The van der Waals surface area contributed by atoms with E-state index in [4.69, 9.17) is 0 Å². The minimum Gasteiger partial charge on any atom is -0.257 e. The molecule has 0 saturated carbocycles. The smallest absolute Gasteiger partial charge is 0.0638 e. The molecule has 10 heavy (non-hydrogen) atoms. The quantitative estimate of drug-likeness (QED) is 0.523. The van der Waals surface area contributed by atoms with Crippen LogP contribution in [0.1, 0.15) is 0 Å². The van der Waals surface area contributed by atoms with Crippen LogP contribution in [0.5, 0.6) is 0 Å². The molecule has 52 valence electrons. The van der Waals surface area contributed by atoms with E-state index in [2.05, 4.69) is 33.4 Å². The van der Waals surface area contributed by atoms with Gasteiger partial charge in [0.2, 0.25) is 0 Å². The fraction of sp³-hybridized carbons (Fsp3) is 0. The van der Waals surface area contributed by atoms with Crippen LogP contribution in [0.4, 0.5) is 0 Å². The van der Waals surface area contributed by atoms with Gasteiger partial charge < -0.3 is 0 Å². The molecule has 0 amide bonds. The van der Waals surface area contributed by atoms with Crippen LogP contribution in [-0.4, -0.2) is 5.55 Å². The summed E-state index contributed by atoms with van der Waals surface area (Å²) < 4.78 is 0. The Morgan fingerprint density at radius 1 is 0.900 bits per heavy atom. The number of hydrogen-bond acceptors (Lipinski definition) is 1. The summed E-state index contributed by atoms with van der Waals surface area (Å²) in [4.78, 5) is 4.06. The molecule has 0 radical (unpaired) electrons. The van der Waals surface area contributed by atoms with Crippen LogP contribution >= 0.6 is 0 Å². The maximum atomic E-state index is 4.06. The first-order valence-corrected chi connectivity index (χ1v) is 6.18. The molecule has 2 aliphatic heterocycles. The van der Waals surface area contributed by atoms with E-state index in [1.807, 2.05) is 11.7 Å². The average Bonchev–Trinajstić information content (AvgIpc) is 2.59. The highest BCUT2D eigenvalue weighted by Crippen LogP contribution is 2.08. The van der Waals surface area contributed by atoms with Crippen LogP contribution in [0.3, 0.4) is 0 Å². The summed E-state index contributed by atoms with van der Waals surface area (Å²) in [5, 5.41) is 6.65. The van der Waals surface area contributed by atoms with Crippen molar-refractivity contribution >= 4 is 24.5 Å². The second-order valence-corrected chi connectivity index (χ2v) is 6.50. The Kier molecular flexibility index (Phi) is 1.69. The molecule has 0 aliphatic carbocycles. The van der Waals surface area contributed by atoms with Gasteiger partial charge in [0.25, 0.3) is 0 Å². The number of allylic oxidation sites excluding steroid dienone is 2. The molecule has 2 rings (SSSR count). The molecule has 0 N–H and O–H groups in total. The van der Waals surface area contributed by atoms with E-state index in [1.54, 1.807) is 0 Å². The number of rotatable bonds is 0. The molecule has 0 fully saturated rings. The van der Waals surface area contributed by atoms with Crippen molar-refractivity contribution < 1.29 is 0 Å². The summed E-state index contributed by atoms with van der Waals surface area (Å²) in [6.45, 7) is 0. The van der Waals surface area contributed by atoms with Gasteiger partial charge in [-0.1, -0.05) is 21.6 Å². The van der Waals surface area contributed by atoms with Gasteiger partial charge in [0.1, 0.15) is 0 Å². The Morgan fingerprint density at radius 3 is 2.30 bits per heavy atom. The van der Waals surface area contributed by atoms with Crippen molar-refractivity contribution in [2.45, 2.75) is 0 Å². The summed E-state index contributed by atoms with van der Waals surface area (Å²) >= 11 is 0. The lowest BCUT2D eigenvalue weighted by molar-refractivity contribution is 1.65. The molecule has 0 aromatic heterocycles. The zero-order valence-electron chi connectivity index (χ0n) is 5.31. The van der Waals surface area contributed by atoms with Crippen molar-refractivity contribution in [1.82, 2.24) is 0 Å². The van der Waals surface area contributed by atoms with Crippen molar-refractivity contribution in [3.8, 4) is 0 Å². The molecule has 0 saturated heterocycles. The summed E-state index contributed by atoms with van der Waals surface area (Å²) in [6.07, 6.45) is 6.10. The minimum atomic E-state index is 0.279. The topological polar surface area (TPSA) is 12.4 Å². The van der Waals surface area contributed by atoms with E-state index in [9.17, 15) is 0 Å². The van der Waals surface area contributed by atoms with E-state index < -0.39 is 0 Å². The Morgan fingerprint density at radius 2 is 1.70 bits per heavy atom. The highest BCUT2D eigenvalue weighted by atomic mass is 32.9. The molecule has 2 aliphatic rings. The van der Waals surface area contributed by atoms with Gasteiger partial charge in [0.15, 0.2) is 0 Å². The van der Waals surface area contributed by atoms with Gasteiger partial charge >= 0.3 is 0 Å². The van der Waals surface area contributed by atoms with Gasteiger partial charge in [0.05, 0.1) is 5.55 Å². The average molecular weight is 169 g/mol. The van der Waals surface area contributed by atoms with Gasteiger partial charge in [-0.3, -0.25) is 4.99 Å². The second-order valence-electron chi connectivity index (χ2n) is 1.85. The molecular formula is C7H7NS2. The summed E-state index contributed by atoms with van der Waals surface area (Å²) in [5.74, 6) is 0. The first-order chi connectivity index (χ1) is 4.97. The third kappa shape index (κ3) is 1.07. The molecule has 1 nitrogen and oxygen atoms in total. The van der Waals surface area contributed by atoms with E-state index in [0.717, 1.165) is 0 Å². The predicted octanol–water partition coefficient (Wildman–Crippen LogP) is 1.69. The SMILES string of the molecule is C1=CS(=S2C=CN=C2)C=C1. The maximum Gasteiger partial charge on any atom is 0.0638 e. The summed E-state index contributed by atoms with van der Waals surface area (Å²) in [7, 11) is 0.607. The fourth-order valence-electron chi connectivity index (χ4n) is 0.758. The van der Waals surface area contributed by atoms with Crippen molar-refractivity contribution in [2.24, 2.45) is 4.99 Å². The van der Waals surface area contributed by atoms with E-state index in [1.165, 1.54) is 0 Å². The highest BCUT2D eigenvalue weighted by Gasteiger charge is 1.97. The third-order valence-corrected chi connectivity index (χ3v) is 5.81. The Balaban J connectivity index is 2.46. The number of hydrogen-bond donors (Lipinski definition) is 0. The first-order valence-electron chi connectivity index (χ1n) is 2.96. The molecule has 0 aromatic carbocycles. The second kappa shape index (κ2) is 2.68. The standard InChI is InChI=1S/C7H7NS2/c1-2-5-9(4-1)10-6-3-8-7-10/h1-7H. The summed E-state index contributed by atoms with van der Waals surface area (Å²) in [5.41, 5.74) is 2.03. The van der Waals surface area contributed by atoms with Gasteiger partial charge in [-0.2, -0.15) is 0 Å². The van der Waals surface area contributed by atoms with Crippen LogP contribution < -0.4 is 0 Å². The Hall–Kier alpha value is -0.410. The van der Waals surface area contributed by atoms with Crippen molar-refractivity contribution in [3.63, 3.8) is 0 Å². The van der Waals surface area contributed by atoms with Gasteiger partial charge in [0, 0.05) is 6.20 Å². The molecule has 1 unspecified atom stereocenters. The molecule has 3 heteroatoms. The Bertz CT molecular complexity index is 237. The lowest BCUT2D eigenvalue weighted by Gasteiger charge is -1.94. The van der Waals surface area contributed by atoms with Crippen LogP contribution in [-0.2, 0) is 18.9 Å². The molecule has 2 heterocycles. The van der Waals surface area contributed by atoms with Crippen molar-refractivity contribution in [2.75, 3.05) is 0 Å². The molecule has 0 spiro atoms. The highest BCUT2D eigenvalue weighted by molar-refractivity contribution is 8.53. The lowest BCUT2D eigenvalue weighted by Crippen LogP contribution is -1.87. The first kappa shape index (κ1) is 6.31. The monoisotopic (exact) mass is 169 g/mol. The van der Waals surface area contributed by atoms with E-state index in [-0.39, 0.29) is 9.45 Å². The van der Waals surface area contributed by atoms with Crippen molar-refractivity contribution in [1.29, 1.82) is 0 Å². The molecule has 0 aromatic rings. The Labute approximate surface area is 64.4 Å². The lowest BCUT2D eigenvalue weighted by atomic mass is 10.6. The van der Waals surface area contributed by atoms with Gasteiger partial charge in [-0.15, -0.1) is 9.45 Å². The predicted molar refractivity (Wildman–Crippen MR) is 50.6 cm³/mol. The van der Waals surface area contributed by atoms with Crippen LogP contribution in [0.2, 0.25) is 0 Å². The largest absolute Gasteiger partial charge is 0.257 e. The van der Waals surface area contributed by atoms with Crippen molar-refractivity contribution in [3.05, 3.63) is 34.6 Å². The van der Waals surface area contributed by atoms with Crippen LogP contribution in [0, 0.1) is 0 Å². The minimum absolute atomic E-state index is 0.279. The zero-order chi connectivity index (χ0) is 6.81. The van der Waals surface area contributed by atoms with Gasteiger partial charge in [-0.25, -0.2) is 0 Å². The maximum absolute atomic E-state index is 4.06. The zero-order valence-corrected chi connectivity index (χ0v) is 6.94.